The summed E-state index contributed by atoms with van der Waals surface area (Å²) in [5, 5.41) is 0.322. The molecule has 1 aromatic rings. The molecule has 2 rings (SSSR count). The highest BCUT2D eigenvalue weighted by molar-refractivity contribution is 7.89. The highest BCUT2D eigenvalue weighted by Gasteiger charge is 2.30. The Bertz CT molecular complexity index is 670. The second-order valence-electron chi connectivity index (χ2n) is 5.80. The van der Waals surface area contributed by atoms with E-state index in [-0.39, 0.29) is 23.0 Å². The van der Waals surface area contributed by atoms with Crippen molar-refractivity contribution in [3.05, 3.63) is 29.3 Å². The first-order valence-electron chi connectivity index (χ1n) is 7.41. The van der Waals surface area contributed by atoms with E-state index in [1.807, 2.05) is 13.8 Å². The van der Waals surface area contributed by atoms with Crippen LogP contribution in [-0.4, -0.2) is 50.6 Å². The number of nitrogens with one attached hydrogen (secondary N) is 1. The van der Waals surface area contributed by atoms with Crippen LogP contribution >= 0.6 is 11.6 Å². The predicted octanol–water partition coefficient (Wildman–Crippen LogP) is 1.64. The smallest absolute Gasteiger partial charge is 0.241 e. The van der Waals surface area contributed by atoms with Crippen molar-refractivity contribution in [3.63, 3.8) is 0 Å². The number of hydrogen-bond donors (Lipinski definition) is 1. The lowest BCUT2D eigenvalue weighted by Crippen LogP contribution is -2.54. The van der Waals surface area contributed by atoms with Gasteiger partial charge in [-0.25, -0.2) is 8.42 Å². The fraction of sp³-hybridized carbons (Fsp3) is 0.533. The fourth-order valence-corrected chi connectivity index (χ4v) is 4.11. The van der Waals surface area contributed by atoms with E-state index in [0.717, 1.165) is 0 Å². The van der Waals surface area contributed by atoms with Gasteiger partial charge in [0.2, 0.25) is 15.9 Å². The maximum absolute atomic E-state index is 12.5. The molecule has 1 aliphatic heterocycles. The molecule has 0 spiro atoms. The van der Waals surface area contributed by atoms with Crippen molar-refractivity contribution >= 4 is 27.5 Å². The average Bonchev–Trinajstić information content (AvgIpc) is 2.45. The number of hydrogen-bond acceptors (Lipinski definition) is 4. The standard InChI is InChI=1S/C15H21ClN2O4S/c1-10-8-18(9-11(2)22-10)15(19)12(3)17-23(20,21)14-6-4-5-13(16)7-14/h4-7,10-12,17H,8-9H2,1-3H3/t10-,11-,12-/m0/s1. The number of carbonyl (C=O) groups excluding carboxylic acids is 1. The van der Waals surface area contributed by atoms with E-state index in [4.69, 9.17) is 16.3 Å². The Kier molecular flexibility index (Phi) is 5.67. The minimum atomic E-state index is -3.81. The first-order valence-corrected chi connectivity index (χ1v) is 9.27. The Balaban J connectivity index is 2.08. The monoisotopic (exact) mass is 360 g/mol. The molecule has 0 saturated carbocycles. The lowest BCUT2D eigenvalue weighted by molar-refractivity contribution is -0.144. The van der Waals surface area contributed by atoms with Gasteiger partial charge in [-0.2, -0.15) is 4.72 Å². The summed E-state index contributed by atoms with van der Waals surface area (Å²) in [4.78, 5) is 14.1. The van der Waals surface area contributed by atoms with Crippen LogP contribution < -0.4 is 4.72 Å². The van der Waals surface area contributed by atoms with Crippen molar-refractivity contribution in [2.45, 2.75) is 43.9 Å². The molecular formula is C15H21ClN2O4S. The quantitative estimate of drug-likeness (QED) is 0.885. The Labute approximate surface area is 141 Å². The van der Waals surface area contributed by atoms with Crippen LogP contribution in [-0.2, 0) is 19.6 Å². The van der Waals surface area contributed by atoms with E-state index in [9.17, 15) is 13.2 Å². The van der Waals surface area contributed by atoms with Gasteiger partial charge in [-0.15, -0.1) is 0 Å². The topological polar surface area (TPSA) is 75.7 Å². The predicted molar refractivity (Wildman–Crippen MR) is 87.8 cm³/mol. The molecule has 1 aliphatic rings. The van der Waals surface area contributed by atoms with Gasteiger partial charge in [0.1, 0.15) is 0 Å². The molecule has 0 radical (unpaired) electrons. The van der Waals surface area contributed by atoms with Crippen molar-refractivity contribution in [2.75, 3.05) is 13.1 Å². The number of rotatable bonds is 4. The van der Waals surface area contributed by atoms with E-state index in [2.05, 4.69) is 4.72 Å². The highest BCUT2D eigenvalue weighted by Crippen LogP contribution is 2.17. The number of nitrogens with zero attached hydrogens (tertiary/aromatic N) is 1. The number of carbonyl (C=O) groups is 1. The Morgan fingerprint density at radius 2 is 1.96 bits per heavy atom. The van der Waals surface area contributed by atoms with Gasteiger partial charge in [-0.1, -0.05) is 17.7 Å². The van der Waals surface area contributed by atoms with Gasteiger partial charge >= 0.3 is 0 Å². The molecule has 0 aromatic heterocycles. The number of benzene rings is 1. The molecule has 6 nitrogen and oxygen atoms in total. The summed E-state index contributed by atoms with van der Waals surface area (Å²) in [7, 11) is -3.81. The molecule has 0 aliphatic carbocycles. The van der Waals surface area contributed by atoms with Gasteiger partial charge < -0.3 is 9.64 Å². The Morgan fingerprint density at radius 1 is 1.35 bits per heavy atom. The molecular weight excluding hydrogens is 340 g/mol. The molecule has 128 valence electrons. The van der Waals surface area contributed by atoms with E-state index < -0.39 is 16.1 Å². The van der Waals surface area contributed by atoms with Gasteiger partial charge in [-0.3, -0.25) is 4.79 Å². The van der Waals surface area contributed by atoms with Crippen molar-refractivity contribution in [1.82, 2.24) is 9.62 Å². The zero-order valence-electron chi connectivity index (χ0n) is 13.3. The van der Waals surface area contributed by atoms with E-state index >= 15 is 0 Å². The Hall–Kier alpha value is -1.15. The normalized spacial score (nSPS) is 23.6. The minimum Gasteiger partial charge on any atom is -0.372 e. The Morgan fingerprint density at radius 3 is 2.52 bits per heavy atom. The molecule has 1 N–H and O–H groups in total. The van der Waals surface area contributed by atoms with Gasteiger partial charge in [0.15, 0.2) is 0 Å². The number of amides is 1. The van der Waals surface area contributed by atoms with Crippen LogP contribution in [0.1, 0.15) is 20.8 Å². The molecule has 1 aromatic carbocycles. The summed E-state index contributed by atoms with van der Waals surface area (Å²) < 4.78 is 32.7. The number of morpholine rings is 1. The maximum Gasteiger partial charge on any atom is 0.241 e. The number of sulfonamides is 1. The molecule has 1 fully saturated rings. The summed E-state index contributed by atoms with van der Waals surface area (Å²) in [6.07, 6.45) is -0.140. The molecule has 23 heavy (non-hydrogen) atoms. The van der Waals surface area contributed by atoms with Gasteiger partial charge in [-0.05, 0) is 39.0 Å². The molecule has 0 unspecified atom stereocenters. The number of halogens is 1. The second kappa shape index (κ2) is 7.17. The minimum absolute atomic E-state index is 0.0355. The zero-order chi connectivity index (χ0) is 17.2. The van der Waals surface area contributed by atoms with Gasteiger partial charge in [0, 0.05) is 18.1 Å². The van der Waals surface area contributed by atoms with E-state index in [1.165, 1.54) is 19.1 Å². The lowest BCUT2D eigenvalue weighted by atomic mass is 10.2. The van der Waals surface area contributed by atoms with Crippen LogP contribution in [0.4, 0.5) is 0 Å². The van der Waals surface area contributed by atoms with E-state index in [0.29, 0.717) is 18.1 Å². The largest absolute Gasteiger partial charge is 0.372 e. The summed E-state index contributed by atoms with van der Waals surface area (Å²) >= 11 is 5.82. The third-order valence-electron chi connectivity index (χ3n) is 3.54. The maximum atomic E-state index is 12.5. The molecule has 1 amide bonds. The molecule has 0 bridgehead atoms. The third-order valence-corrected chi connectivity index (χ3v) is 5.31. The summed E-state index contributed by atoms with van der Waals surface area (Å²) in [5.41, 5.74) is 0. The molecule has 8 heteroatoms. The summed E-state index contributed by atoms with van der Waals surface area (Å²) in [6.45, 7) is 6.21. The first kappa shape index (κ1) is 18.2. The van der Waals surface area contributed by atoms with Crippen molar-refractivity contribution in [1.29, 1.82) is 0 Å². The van der Waals surface area contributed by atoms with Crippen LogP contribution in [0, 0.1) is 0 Å². The summed E-state index contributed by atoms with van der Waals surface area (Å²) in [5.74, 6) is -0.266. The van der Waals surface area contributed by atoms with Crippen molar-refractivity contribution in [2.24, 2.45) is 0 Å². The number of ether oxygens (including phenoxy) is 1. The molecule has 3 atom stereocenters. The second-order valence-corrected chi connectivity index (χ2v) is 7.95. The van der Waals surface area contributed by atoms with Gasteiger partial charge in [0.25, 0.3) is 0 Å². The third kappa shape index (κ3) is 4.67. The highest BCUT2D eigenvalue weighted by atomic mass is 35.5. The zero-order valence-corrected chi connectivity index (χ0v) is 14.9. The van der Waals surface area contributed by atoms with Crippen LogP contribution in [0.25, 0.3) is 0 Å². The molecule has 1 saturated heterocycles. The average molecular weight is 361 g/mol. The van der Waals surface area contributed by atoms with E-state index in [1.54, 1.807) is 17.0 Å². The fourth-order valence-electron chi connectivity index (χ4n) is 2.62. The van der Waals surface area contributed by atoms with Crippen LogP contribution in [0.3, 0.4) is 0 Å². The molecule has 1 heterocycles. The van der Waals surface area contributed by atoms with Crippen LogP contribution in [0.15, 0.2) is 29.2 Å². The van der Waals surface area contributed by atoms with Gasteiger partial charge in [0.05, 0.1) is 23.1 Å². The van der Waals surface area contributed by atoms with Crippen LogP contribution in [0.5, 0.6) is 0 Å². The first-order chi connectivity index (χ1) is 10.7. The van der Waals surface area contributed by atoms with Crippen molar-refractivity contribution in [3.8, 4) is 0 Å². The summed E-state index contributed by atoms with van der Waals surface area (Å²) in [6, 6.07) is 5.06. The lowest BCUT2D eigenvalue weighted by Gasteiger charge is -2.36. The van der Waals surface area contributed by atoms with Crippen LogP contribution in [0.2, 0.25) is 5.02 Å². The van der Waals surface area contributed by atoms with Crippen molar-refractivity contribution < 1.29 is 17.9 Å². The SMILES string of the molecule is C[C@H](NS(=O)(=O)c1cccc(Cl)c1)C(=O)N1C[C@H](C)O[C@@H](C)C1.